The molecule has 0 aliphatic rings. The molecule has 0 saturated heterocycles. The molecule has 3 aromatic carbocycles. The molecule has 0 N–H and O–H groups in total. The molecule has 1 unspecified atom stereocenters. The predicted molar refractivity (Wildman–Crippen MR) is 133 cm³/mol. The summed E-state index contributed by atoms with van der Waals surface area (Å²) in [5.74, 6) is -0.0262. The van der Waals surface area contributed by atoms with E-state index in [-0.39, 0.29) is 5.97 Å². The summed E-state index contributed by atoms with van der Waals surface area (Å²) >= 11 is 0. The van der Waals surface area contributed by atoms with Crippen molar-refractivity contribution in [3.63, 3.8) is 0 Å². The third-order valence-corrected chi connectivity index (χ3v) is 5.82. The largest absolute Gasteiger partial charge is 0.497 e. The standard InChI is InChI=1S/C28H29NO5/c1-17(26(30)33-6)18-10-12-22-23-15-20(19-8-7-9-21(14-19)32-5)11-13-24(23)29(25(22)16-18)27(31)34-28(2,3)4/h7-17H,1-6H3. The van der Waals surface area contributed by atoms with Crippen LogP contribution in [-0.4, -0.2) is 36.5 Å². The van der Waals surface area contributed by atoms with Crippen LogP contribution < -0.4 is 4.74 Å². The lowest BCUT2D eigenvalue weighted by Gasteiger charge is -2.20. The Bertz CT molecular complexity index is 1390. The summed E-state index contributed by atoms with van der Waals surface area (Å²) in [4.78, 5) is 25.4. The number of esters is 1. The van der Waals surface area contributed by atoms with Crippen molar-refractivity contribution in [3.05, 3.63) is 66.2 Å². The van der Waals surface area contributed by atoms with E-state index in [0.29, 0.717) is 5.52 Å². The zero-order valence-electron chi connectivity index (χ0n) is 20.3. The molecule has 0 bridgehead atoms. The summed E-state index contributed by atoms with van der Waals surface area (Å²) in [6, 6.07) is 19.5. The summed E-state index contributed by atoms with van der Waals surface area (Å²) in [7, 11) is 3.01. The van der Waals surface area contributed by atoms with Gasteiger partial charge in [-0.25, -0.2) is 9.36 Å². The van der Waals surface area contributed by atoms with Crippen LogP contribution in [0, 0.1) is 0 Å². The van der Waals surface area contributed by atoms with Gasteiger partial charge in [0.05, 0.1) is 31.2 Å². The van der Waals surface area contributed by atoms with E-state index < -0.39 is 17.6 Å². The highest BCUT2D eigenvalue weighted by Gasteiger charge is 2.24. The number of benzene rings is 3. The van der Waals surface area contributed by atoms with Crippen LogP contribution in [-0.2, 0) is 14.3 Å². The van der Waals surface area contributed by atoms with Crippen LogP contribution in [0.4, 0.5) is 4.79 Å². The van der Waals surface area contributed by atoms with Gasteiger partial charge in [-0.15, -0.1) is 0 Å². The first-order chi connectivity index (χ1) is 16.1. The van der Waals surface area contributed by atoms with Gasteiger partial charge >= 0.3 is 12.1 Å². The lowest BCUT2D eigenvalue weighted by molar-refractivity contribution is -0.141. The molecule has 1 heterocycles. The summed E-state index contributed by atoms with van der Waals surface area (Å²) in [5, 5.41) is 1.81. The van der Waals surface area contributed by atoms with Gasteiger partial charge in [0.25, 0.3) is 0 Å². The quantitative estimate of drug-likeness (QED) is 0.325. The lowest BCUT2D eigenvalue weighted by atomic mass is 9.98. The van der Waals surface area contributed by atoms with Crippen molar-refractivity contribution in [2.75, 3.05) is 14.2 Å². The number of methoxy groups -OCH3 is 2. The van der Waals surface area contributed by atoms with Gasteiger partial charge in [-0.3, -0.25) is 4.79 Å². The average Bonchev–Trinajstić information content (AvgIpc) is 3.15. The highest BCUT2D eigenvalue weighted by Crippen LogP contribution is 2.35. The van der Waals surface area contributed by atoms with Gasteiger partial charge in [-0.05, 0) is 74.7 Å². The number of ether oxygens (including phenoxy) is 3. The van der Waals surface area contributed by atoms with Crippen LogP contribution in [0.3, 0.4) is 0 Å². The van der Waals surface area contributed by atoms with E-state index in [1.807, 2.05) is 75.4 Å². The maximum Gasteiger partial charge on any atom is 0.419 e. The monoisotopic (exact) mass is 459 g/mol. The van der Waals surface area contributed by atoms with Crippen molar-refractivity contribution in [3.8, 4) is 16.9 Å². The molecule has 0 amide bonds. The zero-order valence-corrected chi connectivity index (χ0v) is 20.3. The van der Waals surface area contributed by atoms with Crippen molar-refractivity contribution in [2.45, 2.75) is 39.2 Å². The first-order valence-corrected chi connectivity index (χ1v) is 11.2. The number of carbonyl (C=O) groups excluding carboxylic acids is 2. The average molecular weight is 460 g/mol. The first kappa shape index (κ1) is 23.4. The molecule has 0 aliphatic heterocycles. The molecule has 0 fully saturated rings. The second kappa shape index (κ2) is 8.86. The lowest BCUT2D eigenvalue weighted by Crippen LogP contribution is -2.27. The van der Waals surface area contributed by atoms with Gasteiger partial charge in [0.1, 0.15) is 11.4 Å². The Kier molecular flexibility index (Phi) is 6.09. The molecule has 0 saturated carbocycles. The molecule has 6 nitrogen and oxygen atoms in total. The molecular formula is C28H29NO5. The Morgan fingerprint density at radius 3 is 2.26 bits per heavy atom. The van der Waals surface area contributed by atoms with Crippen LogP contribution >= 0.6 is 0 Å². The molecule has 176 valence electrons. The van der Waals surface area contributed by atoms with Gasteiger partial charge in [0, 0.05) is 10.8 Å². The van der Waals surface area contributed by atoms with Crippen molar-refractivity contribution in [1.29, 1.82) is 0 Å². The molecule has 0 aliphatic carbocycles. The fourth-order valence-corrected chi connectivity index (χ4v) is 4.11. The second-order valence-corrected chi connectivity index (χ2v) is 9.30. The molecule has 6 heteroatoms. The second-order valence-electron chi connectivity index (χ2n) is 9.30. The normalized spacial score (nSPS) is 12.5. The van der Waals surface area contributed by atoms with Crippen LogP contribution in [0.25, 0.3) is 32.9 Å². The predicted octanol–water partition coefficient (Wildman–Crippen LogP) is 6.53. The summed E-state index contributed by atoms with van der Waals surface area (Å²) < 4.78 is 17.6. The number of hydrogen-bond acceptors (Lipinski definition) is 5. The van der Waals surface area contributed by atoms with E-state index in [1.54, 1.807) is 18.6 Å². The Morgan fingerprint density at radius 2 is 1.59 bits per heavy atom. The molecule has 1 aromatic heterocycles. The van der Waals surface area contributed by atoms with Crippen LogP contribution in [0.2, 0.25) is 0 Å². The topological polar surface area (TPSA) is 66.8 Å². The smallest absolute Gasteiger partial charge is 0.419 e. The van der Waals surface area contributed by atoms with Gasteiger partial charge < -0.3 is 14.2 Å². The highest BCUT2D eigenvalue weighted by molar-refractivity contribution is 6.13. The third-order valence-electron chi connectivity index (χ3n) is 5.82. The van der Waals surface area contributed by atoms with Crippen molar-refractivity contribution in [2.24, 2.45) is 0 Å². The fraction of sp³-hybridized carbons (Fsp3) is 0.286. The summed E-state index contributed by atoms with van der Waals surface area (Å²) in [5.41, 5.74) is 3.54. The van der Waals surface area contributed by atoms with E-state index >= 15 is 0 Å². The minimum absolute atomic E-state index is 0.334. The van der Waals surface area contributed by atoms with Crippen molar-refractivity contribution < 1.29 is 23.8 Å². The maximum absolute atomic E-state index is 13.3. The van der Waals surface area contributed by atoms with Crippen molar-refractivity contribution in [1.82, 2.24) is 4.57 Å². The Morgan fingerprint density at radius 1 is 0.853 bits per heavy atom. The van der Waals surface area contributed by atoms with Gasteiger partial charge in [-0.2, -0.15) is 0 Å². The summed E-state index contributed by atoms with van der Waals surface area (Å²) in [6.07, 6.45) is -0.468. The van der Waals surface area contributed by atoms with Crippen LogP contribution in [0.5, 0.6) is 5.75 Å². The van der Waals surface area contributed by atoms with Gasteiger partial charge in [0.2, 0.25) is 0 Å². The SMILES string of the molecule is COC(=O)C(C)c1ccc2c3cc(-c4cccc(OC)c4)ccc3n(C(=O)OC(C)(C)C)c2c1. The van der Waals surface area contributed by atoms with Crippen LogP contribution in [0.1, 0.15) is 39.2 Å². The molecule has 34 heavy (non-hydrogen) atoms. The van der Waals surface area contributed by atoms with Gasteiger partial charge in [0.15, 0.2) is 0 Å². The van der Waals surface area contributed by atoms with E-state index in [0.717, 1.165) is 38.7 Å². The number of rotatable bonds is 4. The van der Waals surface area contributed by atoms with E-state index in [4.69, 9.17) is 14.2 Å². The maximum atomic E-state index is 13.3. The number of aromatic nitrogens is 1. The molecule has 1 atom stereocenters. The van der Waals surface area contributed by atoms with E-state index in [2.05, 4.69) is 6.07 Å². The number of fused-ring (bicyclic) bond motifs is 3. The van der Waals surface area contributed by atoms with Crippen LogP contribution in [0.15, 0.2) is 60.7 Å². The minimum Gasteiger partial charge on any atom is -0.497 e. The Labute approximate surface area is 199 Å². The molecule has 4 rings (SSSR count). The number of nitrogens with zero attached hydrogens (tertiary/aromatic N) is 1. The van der Waals surface area contributed by atoms with Gasteiger partial charge in [-0.1, -0.05) is 30.3 Å². The van der Waals surface area contributed by atoms with E-state index in [1.165, 1.54) is 7.11 Å². The molecule has 4 aromatic rings. The first-order valence-electron chi connectivity index (χ1n) is 11.2. The summed E-state index contributed by atoms with van der Waals surface area (Å²) in [6.45, 7) is 7.30. The third kappa shape index (κ3) is 4.36. The molecular weight excluding hydrogens is 430 g/mol. The molecule has 0 spiro atoms. The zero-order chi connectivity index (χ0) is 24.6. The number of hydrogen-bond donors (Lipinski definition) is 0. The Balaban J connectivity index is 1.96. The fourth-order valence-electron chi connectivity index (χ4n) is 4.11. The van der Waals surface area contributed by atoms with Crippen molar-refractivity contribution >= 4 is 33.9 Å². The number of carbonyl (C=O) groups is 2. The minimum atomic E-state index is -0.655. The Hall–Kier alpha value is -3.80. The van der Waals surface area contributed by atoms with E-state index in [9.17, 15) is 9.59 Å². The molecule has 0 radical (unpaired) electrons. The highest BCUT2D eigenvalue weighted by atomic mass is 16.6.